The molecule has 0 heterocycles. The SMILES string of the molecule is CCN[C@@H](CC1(CC)CCC1)C(=O)CC. The Balaban J connectivity index is 2.52. The molecule has 1 rings (SSSR count). The van der Waals surface area contributed by atoms with Crippen LogP contribution in [0, 0.1) is 5.41 Å². The van der Waals surface area contributed by atoms with E-state index in [0.29, 0.717) is 17.6 Å². The topological polar surface area (TPSA) is 29.1 Å². The number of carbonyl (C=O) groups is 1. The van der Waals surface area contributed by atoms with E-state index in [9.17, 15) is 4.79 Å². The zero-order valence-electron chi connectivity index (χ0n) is 10.4. The largest absolute Gasteiger partial charge is 0.308 e. The Bertz CT molecular complexity index is 203. The molecular weight excluding hydrogens is 186 g/mol. The van der Waals surface area contributed by atoms with E-state index < -0.39 is 0 Å². The molecule has 1 atom stereocenters. The Hall–Kier alpha value is -0.370. The van der Waals surface area contributed by atoms with Gasteiger partial charge in [0.2, 0.25) is 0 Å². The van der Waals surface area contributed by atoms with Gasteiger partial charge in [-0.1, -0.05) is 33.6 Å². The van der Waals surface area contributed by atoms with Gasteiger partial charge in [0.1, 0.15) is 5.78 Å². The van der Waals surface area contributed by atoms with Gasteiger partial charge < -0.3 is 5.32 Å². The molecule has 1 saturated carbocycles. The van der Waals surface area contributed by atoms with E-state index in [1.54, 1.807) is 0 Å². The van der Waals surface area contributed by atoms with Gasteiger partial charge in [-0.05, 0) is 31.2 Å². The molecule has 1 fully saturated rings. The first-order valence-electron chi connectivity index (χ1n) is 6.43. The van der Waals surface area contributed by atoms with Gasteiger partial charge in [-0.15, -0.1) is 0 Å². The number of hydrogen-bond acceptors (Lipinski definition) is 2. The van der Waals surface area contributed by atoms with Gasteiger partial charge in [-0.2, -0.15) is 0 Å². The summed E-state index contributed by atoms with van der Waals surface area (Å²) >= 11 is 0. The fourth-order valence-corrected chi connectivity index (χ4v) is 2.60. The van der Waals surface area contributed by atoms with E-state index in [1.165, 1.54) is 25.7 Å². The van der Waals surface area contributed by atoms with Gasteiger partial charge >= 0.3 is 0 Å². The molecule has 0 amide bonds. The molecule has 0 aromatic heterocycles. The van der Waals surface area contributed by atoms with Crippen molar-refractivity contribution in [2.45, 2.75) is 65.3 Å². The van der Waals surface area contributed by atoms with Crippen molar-refractivity contribution in [3.63, 3.8) is 0 Å². The minimum absolute atomic E-state index is 0.111. The van der Waals surface area contributed by atoms with Crippen LogP contribution in [0.5, 0.6) is 0 Å². The van der Waals surface area contributed by atoms with E-state index in [1.807, 2.05) is 6.92 Å². The average Bonchev–Trinajstić information content (AvgIpc) is 2.20. The first-order valence-corrected chi connectivity index (χ1v) is 6.43. The third-order valence-corrected chi connectivity index (χ3v) is 3.99. The monoisotopic (exact) mass is 211 g/mol. The van der Waals surface area contributed by atoms with Crippen molar-refractivity contribution in [1.29, 1.82) is 0 Å². The molecule has 0 aromatic carbocycles. The van der Waals surface area contributed by atoms with Gasteiger partial charge in [0.25, 0.3) is 0 Å². The molecule has 88 valence electrons. The number of rotatable bonds is 7. The van der Waals surface area contributed by atoms with Gasteiger partial charge in [0.05, 0.1) is 6.04 Å². The van der Waals surface area contributed by atoms with Crippen molar-refractivity contribution in [2.24, 2.45) is 5.41 Å². The molecule has 0 unspecified atom stereocenters. The Morgan fingerprint density at radius 1 is 1.33 bits per heavy atom. The predicted molar refractivity (Wildman–Crippen MR) is 64.0 cm³/mol. The highest BCUT2D eigenvalue weighted by Crippen LogP contribution is 2.47. The summed E-state index contributed by atoms with van der Waals surface area (Å²) < 4.78 is 0. The van der Waals surface area contributed by atoms with Crippen molar-refractivity contribution in [2.75, 3.05) is 6.54 Å². The maximum Gasteiger partial charge on any atom is 0.149 e. The number of carbonyl (C=O) groups excluding carboxylic acids is 1. The zero-order chi connectivity index (χ0) is 11.3. The first kappa shape index (κ1) is 12.7. The lowest BCUT2D eigenvalue weighted by molar-refractivity contribution is -0.122. The normalized spacial score (nSPS) is 20.7. The summed E-state index contributed by atoms with van der Waals surface area (Å²) in [6.07, 6.45) is 6.95. The molecule has 1 N–H and O–H groups in total. The molecule has 0 spiro atoms. The average molecular weight is 211 g/mol. The van der Waals surface area contributed by atoms with Crippen LogP contribution in [-0.2, 0) is 4.79 Å². The Labute approximate surface area is 93.8 Å². The van der Waals surface area contributed by atoms with Gasteiger partial charge in [0.15, 0.2) is 0 Å². The lowest BCUT2D eigenvalue weighted by Gasteiger charge is -2.43. The second-order valence-corrected chi connectivity index (χ2v) is 4.84. The number of ketones is 1. The number of likely N-dealkylation sites (N-methyl/N-ethyl adjacent to an activating group) is 1. The minimum Gasteiger partial charge on any atom is -0.308 e. The van der Waals surface area contributed by atoms with Crippen LogP contribution in [0.3, 0.4) is 0 Å². The summed E-state index contributed by atoms with van der Waals surface area (Å²) in [5.41, 5.74) is 0.484. The van der Waals surface area contributed by atoms with E-state index in [-0.39, 0.29) is 6.04 Å². The van der Waals surface area contributed by atoms with E-state index in [4.69, 9.17) is 0 Å². The molecule has 0 bridgehead atoms. The van der Waals surface area contributed by atoms with Crippen molar-refractivity contribution >= 4 is 5.78 Å². The fraction of sp³-hybridized carbons (Fsp3) is 0.923. The Kier molecular flexibility index (Phi) is 4.78. The van der Waals surface area contributed by atoms with Crippen LogP contribution in [-0.4, -0.2) is 18.4 Å². The van der Waals surface area contributed by atoms with Crippen LogP contribution < -0.4 is 5.32 Å². The molecular formula is C13H25NO. The minimum atomic E-state index is 0.111. The fourth-order valence-electron chi connectivity index (χ4n) is 2.60. The third-order valence-electron chi connectivity index (χ3n) is 3.99. The standard InChI is InChI=1S/C13H25NO/c1-4-12(15)11(14-6-3)10-13(5-2)8-7-9-13/h11,14H,4-10H2,1-3H3/t11-/m0/s1. The zero-order valence-corrected chi connectivity index (χ0v) is 10.4. The Morgan fingerprint density at radius 3 is 2.33 bits per heavy atom. The maximum atomic E-state index is 11.8. The molecule has 0 radical (unpaired) electrons. The first-order chi connectivity index (χ1) is 7.17. The Morgan fingerprint density at radius 2 is 2.00 bits per heavy atom. The highest BCUT2D eigenvalue weighted by Gasteiger charge is 2.38. The summed E-state index contributed by atoms with van der Waals surface area (Å²) in [7, 11) is 0. The summed E-state index contributed by atoms with van der Waals surface area (Å²) in [5, 5.41) is 3.34. The molecule has 2 heteroatoms. The van der Waals surface area contributed by atoms with Crippen LogP contribution >= 0.6 is 0 Å². The maximum absolute atomic E-state index is 11.8. The quantitative estimate of drug-likeness (QED) is 0.701. The highest BCUT2D eigenvalue weighted by atomic mass is 16.1. The van der Waals surface area contributed by atoms with Gasteiger partial charge in [-0.3, -0.25) is 4.79 Å². The summed E-state index contributed by atoms with van der Waals surface area (Å²) in [6.45, 7) is 7.20. The lowest BCUT2D eigenvalue weighted by Crippen LogP contribution is -2.43. The summed E-state index contributed by atoms with van der Waals surface area (Å²) in [6, 6.07) is 0.111. The van der Waals surface area contributed by atoms with Crippen LogP contribution in [0.2, 0.25) is 0 Å². The van der Waals surface area contributed by atoms with Gasteiger partial charge in [-0.25, -0.2) is 0 Å². The van der Waals surface area contributed by atoms with Crippen molar-refractivity contribution in [3.8, 4) is 0 Å². The van der Waals surface area contributed by atoms with Gasteiger partial charge in [0, 0.05) is 6.42 Å². The van der Waals surface area contributed by atoms with Crippen molar-refractivity contribution < 1.29 is 4.79 Å². The molecule has 0 saturated heterocycles. The van der Waals surface area contributed by atoms with Crippen LogP contribution in [0.15, 0.2) is 0 Å². The van der Waals surface area contributed by atoms with Crippen LogP contribution in [0.4, 0.5) is 0 Å². The molecule has 0 aromatic rings. The van der Waals surface area contributed by atoms with Crippen molar-refractivity contribution in [3.05, 3.63) is 0 Å². The summed E-state index contributed by atoms with van der Waals surface area (Å²) in [4.78, 5) is 11.8. The molecule has 15 heavy (non-hydrogen) atoms. The van der Waals surface area contributed by atoms with Crippen LogP contribution in [0.25, 0.3) is 0 Å². The van der Waals surface area contributed by atoms with E-state index in [0.717, 1.165) is 13.0 Å². The second kappa shape index (κ2) is 5.64. The molecule has 2 nitrogen and oxygen atoms in total. The smallest absolute Gasteiger partial charge is 0.149 e. The lowest BCUT2D eigenvalue weighted by atomic mass is 9.63. The molecule has 1 aliphatic rings. The van der Waals surface area contributed by atoms with Crippen LogP contribution in [0.1, 0.15) is 59.3 Å². The predicted octanol–water partition coefficient (Wildman–Crippen LogP) is 2.91. The van der Waals surface area contributed by atoms with E-state index in [2.05, 4.69) is 19.2 Å². The second-order valence-electron chi connectivity index (χ2n) is 4.84. The third kappa shape index (κ3) is 3.04. The molecule has 0 aliphatic heterocycles. The number of Topliss-reactive ketones (excluding diaryl/α,β-unsaturated/α-hetero) is 1. The van der Waals surface area contributed by atoms with E-state index >= 15 is 0 Å². The molecule has 1 aliphatic carbocycles. The number of hydrogen-bond donors (Lipinski definition) is 1. The summed E-state index contributed by atoms with van der Waals surface area (Å²) in [5.74, 6) is 0.386. The van der Waals surface area contributed by atoms with Crippen molar-refractivity contribution in [1.82, 2.24) is 5.32 Å². The number of nitrogens with one attached hydrogen (secondary N) is 1. The highest BCUT2D eigenvalue weighted by molar-refractivity contribution is 5.83.